The second-order valence-electron chi connectivity index (χ2n) is 7.88. The van der Waals surface area contributed by atoms with Crippen LogP contribution >= 0.6 is 0 Å². The summed E-state index contributed by atoms with van der Waals surface area (Å²) >= 11 is 0. The number of hydrogen-bond acceptors (Lipinski definition) is 6. The Morgan fingerprint density at radius 3 is 2.66 bits per heavy atom. The summed E-state index contributed by atoms with van der Waals surface area (Å²) in [7, 11) is 3.36. The number of piperidine rings is 1. The molecule has 1 aliphatic heterocycles. The summed E-state index contributed by atoms with van der Waals surface area (Å²) in [6.45, 7) is 1.09. The summed E-state index contributed by atoms with van der Waals surface area (Å²) in [6, 6.07) is 5.42. The van der Waals surface area contributed by atoms with Crippen molar-refractivity contribution in [2.24, 2.45) is 0 Å². The maximum atomic E-state index is 15.8. The van der Waals surface area contributed by atoms with Gasteiger partial charge in [-0.25, -0.2) is 32.5 Å². The Kier molecular flexibility index (Phi) is 6.14. The molecule has 0 atom stereocenters. The van der Waals surface area contributed by atoms with E-state index in [0.29, 0.717) is 29.8 Å². The molecule has 32 heavy (non-hydrogen) atoms. The molecular weight excluding hydrogens is 426 g/mol. The number of ether oxygens (including phenoxy) is 1. The summed E-state index contributed by atoms with van der Waals surface area (Å²) in [6.07, 6.45) is -1.06. The van der Waals surface area contributed by atoms with Crippen LogP contribution in [0.2, 0.25) is 0 Å². The third kappa shape index (κ3) is 4.19. The predicted molar refractivity (Wildman–Crippen MR) is 112 cm³/mol. The molecule has 0 bridgehead atoms. The number of pyridine rings is 1. The fourth-order valence-corrected chi connectivity index (χ4v) is 3.86. The van der Waals surface area contributed by atoms with Gasteiger partial charge in [0.15, 0.2) is 5.67 Å². The number of methoxy groups -OCH3 is 1. The first kappa shape index (κ1) is 22.2. The van der Waals surface area contributed by atoms with Crippen LogP contribution in [-0.2, 0) is 12.2 Å². The van der Waals surface area contributed by atoms with Crippen molar-refractivity contribution in [3.63, 3.8) is 0 Å². The number of halogens is 4. The quantitative estimate of drug-likeness (QED) is 0.555. The van der Waals surface area contributed by atoms with E-state index in [1.165, 1.54) is 25.6 Å². The highest BCUT2D eigenvalue weighted by Crippen LogP contribution is 2.39. The van der Waals surface area contributed by atoms with E-state index in [9.17, 15) is 13.2 Å². The molecule has 1 N–H and O–H groups in total. The lowest BCUT2D eigenvalue weighted by molar-refractivity contribution is 0.0630. The monoisotopic (exact) mass is 449 g/mol. The standard InChI is InChI=1S/C22H23F4N5O/c1-31-8-6-22(26,7-9-31)16-10-15-18(21(30-16)32-2)28-12-29-20(15)27-11-13-4-3-5-14(17(13)23)19(24)25/h3-5,10,12,19H,6-9,11H2,1-2H3,(H,27,28,29). The zero-order valence-electron chi connectivity index (χ0n) is 17.7. The van der Waals surface area contributed by atoms with Crippen LogP contribution in [0.3, 0.4) is 0 Å². The Hall–Kier alpha value is -3.01. The van der Waals surface area contributed by atoms with Crippen molar-refractivity contribution in [3.05, 3.63) is 53.2 Å². The molecule has 6 nitrogen and oxygen atoms in total. The molecule has 1 aliphatic rings. The van der Waals surface area contributed by atoms with Gasteiger partial charge in [-0.1, -0.05) is 18.2 Å². The van der Waals surface area contributed by atoms with E-state index < -0.39 is 23.5 Å². The van der Waals surface area contributed by atoms with E-state index >= 15 is 4.39 Å². The van der Waals surface area contributed by atoms with Crippen molar-refractivity contribution in [3.8, 4) is 5.88 Å². The first-order valence-electron chi connectivity index (χ1n) is 10.2. The largest absolute Gasteiger partial charge is 0.479 e. The Labute approximate surface area is 182 Å². The van der Waals surface area contributed by atoms with Crippen LogP contribution in [0.4, 0.5) is 23.4 Å². The van der Waals surface area contributed by atoms with Crippen LogP contribution in [0.15, 0.2) is 30.6 Å². The molecule has 10 heteroatoms. The van der Waals surface area contributed by atoms with Gasteiger partial charge in [-0.15, -0.1) is 0 Å². The molecule has 3 aromatic rings. The fraction of sp³-hybridized carbons (Fsp3) is 0.409. The number of fused-ring (bicyclic) bond motifs is 1. The number of benzene rings is 1. The Balaban J connectivity index is 1.70. The van der Waals surface area contributed by atoms with E-state index in [-0.39, 0.29) is 36.5 Å². The highest BCUT2D eigenvalue weighted by Gasteiger charge is 2.37. The van der Waals surface area contributed by atoms with Crippen LogP contribution in [0.25, 0.3) is 10.9 Å². The second kappa shape index (κ2) is 8.85. The van der Waals surface area contributed by atoms with Gasteiger partial charge in [-0.05, 0) is 26.0 Å². The van der Waals surface area contributed by atoms with E-state index in [1.54, 1.807) is 6.07 Å². The van der Waals surface area contributed by atoms with Crippen molar-refractivity contribution in [2.45, 2.75) is 31.5 Å². The Morgan fingerprint density at radius 2 is 1.97 bits per heavy atom. The lowest BCUT2D eigenvalue weighted by Gasteiger charge is -2.34. The molecule has 0 unspecified atom stereocenters. The minimum Gasteiger partial charge on any atom is -0.479 e. The van der Waals surface area contributed by atoms with Gasteiger partial charge >= 0.3 is 0 Å². The van der Waals surface area contributed by atoms with E-state index in [1.807, 2.05) is 11.9 Å². The molecular formula is C22H23F4N5O. The lowest BCUT2D eigenvalue weighted by atomic mass is 9.89. The summed E-state index contributed by atoms with van der Waals surface area (Å²) in [5, 5.41) is 3.42. The first-order valence-corrected chi connectivity index (χ1v) is 10.2. The van der Waals surface area contributed by atoms with Gasteiger partial charge in [0, 0.05) is 25.2 Å². The number of hydrogen-bond donors (Lipinski definition) is 1. The van der Waals surface area contributed by atoms with Crippen molar-refractivity contribution >= 4 is 16.7 Å². The third-order valence-electron chi connectivity index (χ3n) is 5.81. The molecule has 0 amide bonds. The number of alkyl halides is 3. The van der Waals surface area contributed by atoms with Crippen LogP contribution in [-0.4, -0.2) is 47.1 Å². The molecule has 1 saturated heterocycles. The average molecular weight is 449 g/mol. The van der Waals surface area contributed by atoms with Gasteiger partial charge in [-0.3, -0.25) is 0 Å². The normalized spacial score (nSPS) is 16.5. The smallest absolute Gasteiger partial charge is 0.266 e. The molecule has 3 heterocycles. The molecule has 0 radical (unpaired) electrons. The van der Waals surface area contributed by atoms with Gasteiger partial charge in [-0.2, -0.15) is 0 Å². The fourth-order valence-electron chi connectivity index (χ4n) is 3.86. The molecule has 4 rings (SSSR count). The van der Waals surface area contributed by atoms with Gasteiger partial charge < -0.3 is 15.0 Å². The lowest BCUT2D eigenvalue weighted by Crippen LogP contribution is -2.38. The van der Waals surface area contributed by atoms with E-state index in [0.717, 1.165) is 6.07 Å². The van der Waals surface area contributed by atoms with Crippen LogP contribution < -0.4 is 10.1 Å². The number of nitrogens with one attached hydrogen (secondary N) is 1. The van der Waals surface area contributed by atoms with Crippen LogP contribution in [0.5, 0.6) is 5.88 Å². The second-order valence-corrected chi connectivity index (χ2v) is 7.88. The minimum atomic E-state index is -2.91. The number of likely N-dealkylation sites (tertiary alicyclic amines) is 1. The molecule has 2 aromatic heterocycles. The van der Waals surface area contributed by atoms with Crippen molar-refractivity contribution < 1.29 is 22.3 Å². The zero-order valence-corrected chi connectivity index (χ0v) is 17.7. The molecule has 1 aromatic carbocycles. The summed E-state index contributed by atoms with van der Waals surface area (Å²) in [4.78, 5) is 14.8. The third-order valence-corrected chi connectivity index (χ3v) is 5.81. The average Bonchev–Trinajstić information content (AvgIpc) is 2.79. The Morgan fingerprint density at radius 1 is 1.22 bits per heavy atom. The highest BCUT2D eigenvalue weighted by atomic mass is 19.3. The number of rotatable bonds is 6. The van der Waals surface area contributed by atoms with Gasteiger partial charge in [0.25, 0.3) is 6.43 Å². The molecule has 1 fully saturated rings. The summed E-state index contributed by atoms with van der Waals surface area (Å²) < 4.78 is 61.5. The molecule has 170 valence electrons. The van der Waals surface area contributed by atoms with Gasteiger partial charge in [0.05, 0.1) is 23.8 Å². The van der Waals surface area contributed by atoms with Gasteiger partial charge in [0.1, 0.15) is 23.5 Å². The maximum Gasteiger partial charge on any atom is 0.266 e. The zero-order chi connectivity index (χ0) is 22.9. The number of aromatic nitrogens is 3. The number of anilines is 1. The summed E-state index contributed by atoms with van der Waals surface area (Å²) in [5.41, 5.74) is -1.64. The highest BCUT2D eigenvalue weighted by molar-refractivity contribution is 5.92. The van der Waals surface area contributed by atoms with E-state index in [2.05, 4.69) is 20.3 Å². The SMILES string of the molecule is COc1nc(C2(F)CCN(C)CC2)cc2c(NCc3cccc(C(F)F)c3F)ncnc12. The summed E-state index contributed by atoms with van der Waals surface area (Å²) in [5.74, 6) is -0.512. The predicted octanol–water partition coefficient (Wildman–Crippen LogP) is 4.61. The molecule has 0 aliphatic carbocycles. The van der Waals surface area contributed by atoms with Crippen molar-refractivity contribution in [1.29, 1.82) is 0 Å². The van der Waals surface area contributed by atoms with Crippen LogP contribution in [0, 0.1) is 5.82 Å². The minimum absolute atomic E-state index is 0.0630. The topological polar surface area (TPSA) is 63.2 Å². The Bertz CT molecular complexity index is 1120. The van der Waals surface area contributed by atoms with Crippen LogP contribution in [0.1, 0.15) is 36.1 Å². The van der Waals surface area contributed by atoms with E-state index in [4.69, 9.17) is 4.74 Å². The molecule has 0 spiro atoms. The van der Waals surface area contributed by atoms with Gasteiger partial charge in [0.2, 0.25) is 5.88 Å². The maximum absolute atomic E-state index is 15.8. The number of nitrogens with zero attached hydrogens (tertiary/aromatic N) is 4. The first-order chi connectivity index (χ1) is 15.3. The van der Waals surface area contributed by atoms with Crippen molar-refractivity contribution in [1.82, 2.24) is 19.9 Å². The van der Waals surface area contributed by atoms with Crippen molar-refractivity contribution in [2.75, 3.05) is 32.6 Å². The molecule has 0 saturated carbocycles.